The van der Waals surface area contributed by atoms with Gasteiger partial charge in [0.05, 0.1) is 13.0 Å². The molecule has 4 nitrogen and oxygen atoms in total. The summed E-state index contributed by atoms with van der Waals surface area (Å²) in [5.74, 6) is -0.536. The highest BCUT2D eigenvalue weighted by atomic mass is 32.1. The van der Waals surface area contributed by atoms with E-state index < -0.39 is 17.2 Å². The Labute approximate surface area is 172 Å². The quantitative estimate of drug-likeness (QED) is 0.149. The molecule has 5 heteroatoms. The van der Waals surface area contributed by atoms with Crippen LogP contribution >= 0.6 is 12.6 Å². The van der Waals surface area contributed by atoms with Crippen LogP contribution in [-0.4, -0.2) is 28.9 Å². The molecule has 0 rings (SSSR count). The molecule has 27 heavy (non-hydrogen) atoms. The predicted molar refractivity (Wildman–Crippen MR) is 115 cm³/mol. The molecule has 1 unspecified atom stereocenters. The molecule has 0 aromatic rings. The molecule has 0 radical (unpaired) electrons. The Bertz CT molecular complexity index is 360. The number of thiol groups is 1. The fourth-order valence-electron chi connectivity index (χ4n) is 3.14. The van der Waals surface area contributed by atoms with Crippen molar-refractivity contribution in [3.05, 3.63) is 0 Å². The van der Waals surface area contributed by atoms with Gasteiger partial charge in [-0.25, -0.2) is 0 Å². The van der Waals surface area contributed by atoms with Crippen LogP contribution in [0.25, 0.3) is 0 Å². The summed E-state index contributed by atoms with van der Waals surface area (Å²) < 4.78 is 5.00. The molecule has 0 aliphatic heterocycles. The number of aliphatic hydroxyl groups is 1. The standard InChI is InChI=1S/C22H42O4S/c1-2-3-4-5-6-7-8-9-10-11-12-13-14-15-16-17-18-26-21(24)19-20(23)22(25)27/h20,23H,2-19H2,1H3,(H,25,27). The maximum atomic E-state index is 11.3. The van der Waals surface area contributed by atoms with E-state index in [1.54, 1.807) is 0 Å². The molecule has 0 aromatic carbocycles. The molecule has 0 bridgehead atoms. The summed E-state index contributed by atoms with van der Waals surface area (Å²) in [7, 11) is 0. The largest absolute Gasteiger partial charge is 0.466 e. The Balaban J connectivity index is 3.17. The van der Waals surface area contributed by atoms with Crippen molar-refractivity contribution in [3.63, 3.8) is 0 Å². The van der Waals surface area contributed by atoms with E-state index in [2.05, 4.69) is 19.6 Å². The van der Waals surface area contributed by atoms with Gasteiger partial charge in [0.15, 0.2) is 0 Å². The average molecular weight is 403 g/mol. The molecule has 160 valence electrons. The van der Waals surface area contributed by atoms with Crippen LogP contribution in [0.1, 0.15) is 116 Å². The van der Waals surface area contributed by atoms with E-state index in [-0.39, 0.29) is 6.42 Å². The fraction of sp³-hybridized carbons (Fsp3) is 0.909. The van der Waals surface area contributed by atoms with Gasteiger partial charge in [0.1, 0.15) is 6.10 Å². The van der Waals surface area contributed by atoms with Crippen LogP contribution in [0.3, 0.4) is 0 Å². The first-order chi connectivity index (χ1) is 13.1. The van der Waals surface area contributed by atoms with Crippen molar-refractivity contribution >= 4 is 23.7 Å². The zero-order valence-corrected chi connectivity index (χ0v) is 18.3. The van der Waals surface area contributed by atoms with Gasteiger partial charge in [0.25, 0.3) is 0 Å². The molecule has 1 atom stereocenters. The van der Waals surface area contributed by atoms with Crippen molar-refractivity contribution in [1.82, 2.24) is 0 Å². The molecule has 0 fully saturated rings. The lowest BCUT2D eigenvalue weighted by Gasteiger charge is -2.07. The van der Waals surface area contributed by atoms with Crippen LogP contribution in [-0.2, 0) is 14.3 Å². The van der Waals surface area contributed by atoms with Crippen molar-refractivity contribution < 1.29 is 19.4 Å². The maximum Gasteiger partial charge on any atom is 0.308 e. The Morgan fingerprint density at radius 3 is 1.48 bits per heavy atom. The van der Waals surface area contributed by atoms with Crippen LogP contribution in [0.4, 0.5) is 0 Å². The first-order valence-electron chi connectivity index (χ1n) is 11.1. The zero-order valence-electron chi connectivity index (χ0n) is 17.4. The molecular formula is C22H42O4S. The van der Waals surface area contributed by atoms with Crippen molar-refractivity contribution in [3.8, 4) is 0 Å². The highest BCUT2D eigenvalue weighted by Gasteiger charge is 2.16. The normalized spacial score (nSPS) is 12.1. The maximum absolute atomic E-state index is 11.3. The minimum absolute atomic E-state index is 0.304. The summed E-state index contributed by atoms with van der Waals surface area (Å²) >= 11 is 3.48. The zero-order chi connectivity index (χ0) is 20.2. The predicted octanol–water partition coefficient (Wildman–Crippen LogP) is 6.00. The Morgan fingerprint density at radius 1 is 0.741 bits per heavy atom. The number of rotatable bonds is 20. The Kier molecular flexibility index (Phi) is 19.8. The number of ether oxygens (including phenoxy) is 1. The molecule has 0 saturated heterocycles. The van der Waals surface area contributed by atoms with E-state index in [1.165, 1.54) is 89.9 Å². The lowest BCUT2D eigenvalue weighted by Crippen LogP contribution is -2.21. The topological polar surface area (TPSA) is 63.6 Å². The Hall–Kier alpha value is -0.550. The van der Waals surface area contributed by atoms with Crippen molar-refractivity contribution in [2.75, 3.05) is 6.61 Å². The number of hydrogen-bond donors (Lipinski definition) is 2. The lowest BCUT2D eigenvalue weighted by atomic mass is 10.0. The third-order valence-electron chi connectivity index (χ3n) is 4.91. The van der Waals surface area contributed by atoms with E-state index in [1.807, 2.05) is 0 Å². The number of aliphatic hydroxyl groups excluding tert-OH is 1. The van der Waals surface area contributed by atoms with Crippen LogP contribution in [0.5, 0.6) is 0 Å². The van der Waals surface area contributed by atoms with E-state index in [0.29, 0.717) is 6.61 Å². The van der Waals surface area contributed by atoms with Gasteiger partial charge in [-0.2, -0.15) is 0 Å². The van der Waals surface area contributed by atoms with Crippen molar-refractivity contribution in [1.29, 1.82) is 0 Å². The lowest BCUT2D eigenvalue weighted by molar-refractivity contribution is -0.147. The average Bonchev–Trinajstić information content (AvgIpc) is 2.64. The molecule has 0 heterocycles. The number of carbonyl (C=O) groups is 2. The first kappa shape index (κ1) is 26.4. The van der Waals surface area contributed by atoms with Crippen LogP contribution < -0.4 is 0 Å². The van der Waals surface area contributed by atoms with Gasteiger partial charge in [-0.15, -0.1) is 12.6 Å². The summed E-state index contributed by atoms with van der Waals surface area (Å²) in [6, 6.07) is 0. The number of unbranched alkanes of at least 4 members (excludes halogenated alkanes) is 15. The molecule has 0 aliphatic rings. The molecule has 0 aromatic heterocycles. The fourth-order valence-corrected chi connectivity index (χ4v) is 3.23. The van der Waals surface area contributed by atoms with Gasteiger partial charge in [0.2, 0.25) is 5.12 Å². The molecule has 0 amide bonds. The minimum Gasteiger partial charge on any atom is -0.466 e. The Morgan fingerprint density at radius 2 is 1.11 bits per heavy atom. The second kappa shape index (κ2) is 20.2. The third-order valence-corrected chi connectivity index (χ3v) is 5.20. The highest BCUT2D eigenvalue weighted by molar-refractivity contribution is 7.96. The number of esters is 1. The molecule has 1 N–H and O–H groups in total. The second-order valence-electron chi connectivity index (χ2n) is 7.58. The summed E-state index contributed by atoms with van der Waals surface area (Å²) in [5, 5.41) is 8.51. The van der Waals surface area contributed by atoms with Crippen molar-refractivity contribution in [2.24, 2.45) is 0 Å². The smallest absolute Gasteiger partial charge is 0.308 e. The molecule has 0 saturated carbocycles. The van der Waals surface area contributed by atoms with Crippen molar-refractivity contribution in [2.45, 2.75) is 122 Å². The summed E-state index contributed by atoms with van der Waals surface area (Å²) in [5.41, 5.74) is 0. The van der Waals surface area contributed by atoms with Crippen LogP contribution in [0, 0.1) is 0 Å². The number of carbonyl (C=O) groups excluding carboxylic acids is 2. The van der Waals surface area contributed by atoms with E-state index >= 15 is 0 Å². The van der Waals surface area contributed by atoms with E-state index in [4.69, 9.17) is 4.74 Å². The SMILES string of the molecule is CCCCCCCCCCCCCCCCCCOC(=O)CC(O)C(=O)S. The molecule has 0 spiro atoms. The van der Waals surface area contributed by atoms with E-state index in [0.717, 1.165) is 12.8 Å². The third kappa shape index (κ3) is 20.0. The van der Waals surface area contributed by atoms with Gasteiger partial charge in [-0.05, 0) is 6.42 Å². The summed E-state index contributed by atoms with van der Waals surface area (Å²) in [4.78, 5) is 22.1. The molecular weight excluding hydrogens is 360 g/mol. The van der Waals surface area contributed by atoms with Crippen LogP contribution in [0.15, 0.2) is 0 Å². The van der Waals surface area contributed by atoms with E-state index in [9.17, 15) is 14.7 Å². The van der Waals surface area contributed by atoms with Crippen LogP contribution in [0.2, 0.25) is 0 Å². The number of hydrogen-bond acceptors (Lipinski definition) is 4. The van der Waals surface area contributed by atoms with Gasteiger partial charge in [-0.3, -0.25) is 9.59 Å². The van der Waals surface area contributed by atoms with Gasteiger partial charge in [-0.1, -0.05) is 103 Å². The summed E-state index contributed by atoms with van der Waals surface area (Å²) in [6.45, 7) is 2.63. The van der Waals surface area contributed by atoms with Gasteiger partial charge >= 0.3 is 5.97 Å². The first-order valence-corrected chi connectivity index (χ1v) is 11.6. The second-order valence-corrected chi connectivity index (χ2v) is 8.02. The molecule has 0 aliphatic carbocycles. The summed E-state index contributed by atoms with van der Waals surface area (Å²) in [6.07, 6.45) is 19.2. The minimum atomic E-state index is -1.35. The monoisotopic (exact) mass is 402 g/mol. The van der Waals surface area contributed by atoms with Gasteiger partial charge < -0.3 is 9.84 Å². The van der Waals surface area contributed by atoms with Gasteiger partial charge in [0, 0.05) is 0 Å². The highest BCUT2D eigenvalue weighted by Crippen LogP contribution is 2.13.